The lowest BCUT2D eigenvalue weighted by Crippen LogP contribution is -1.82. The summed E-state index contributed by atoms with van der Waals surface area (Å²) in [5.74, 6) is 0. The number of halogens is 4. The highest BCUT2D eigenvalue weighted by molar-refractivity contribution is 9.11. The van der Waals surface area contributed by atoms with E-state index in [1.165, 1.54) is 0 Å². The Morgan fingerprint density at radius 2 is 1.44 bits per heavy atom. The van der Waals surface area contributed by atoms with Crippen molar-refractivity contribution in [3.63, 3.8) is 0 Å². The summed E-state index contributed by atoms with van der Waals surface area (Å²) >= 11 is 13.0. The van der Waals surface area contributed by atoms with Gasteiger partial charge >= 0.3 is 0 Å². The van der Waals surface area contributed by atoms with E-state index in [0.29, 0.717) is 10.2 Å². The first-order valence-electron chi connectivity index (χ1n) is 4.50. The summed E-state index contributed by atoms with van der Waals surface area (Å²) in [5, 5.41) is 8.45. The number of nitriles is 1. The van der Waals surface area contributed by atoms with Gasteiger partial charge in [0.25, 0.3) is 0 Å². The molecular weight excluding hydrogens is 494 g/mol. The Morgan fingerprint density at radius 3 is 1.83 bits per heavy atom. The van der Waals surface area contributed by atoms with Crippen molar-refractivity contribution in [1.82, 2.24) is 9.97 Å². The van der Waals surface area contributed by atoms with Crippen molar-refractivity contribution < 1.29 is 0 Å². The van der Waals surface area contributed by atoms with Gasteiger partial charge in [0.2, 0.25) is 0 Å². The predicted octanol–water partition coefficient (Wildman–Crippen LogP) is 5.08. The molecule has 2 rings (SSSR count). The standard InChI is InChI=1S/C6H2Br2N2.C5H3Br2N/c7-4-1-5(8)6(2-9)10-3-4;6-4-1-5(7)3-8-2-4/h1,3H;1-3H. The number of hydrogen-bond donors (Lipinski definition) is 0. The third kappa shape index (κ3) is 5.57. The molecule has 2 aromatic rings. The van der Waals surface area contributed by atoms with Crippen LogP contribution in [0.3, 0.4) is 0 Å². The second-order valence-corrected chi connectivity index (χ2v) is 6.52. The average molecular weight is 499 g/mol. The van der Waals surface area contributed by atoms with E-state index in [9.17, 15) is 0 Å². The second-order valence-electron chi connectivity index (χ2n) is 2.92. The zero-order chi connectivity index (χ0) is 13.5. The van der Waals surface area contributed by atoms with Gasteiger partial charge in [-0.3, -0.25) is 4.98 Å². The second kappa shape index (κ2) is 8.00. The highest BCUT2D eigenvalue weighted by Crippen LogP contribution is 2.18. The van der Waals surface area contributed by atoms with Crippen molar-refractivity contribution in [2.24, 2.45) is 0 Å². The van der Waals surface area contributed by atoms with E-state index >= 15 is 0 Å². The van der Waals surface area contributed by atoms with Gasteiger partial charge in [-0.15, -0.1) is 0 Å². The minimum atomic E-state index is 0.406. The topological polar surface area (TPSA) is 49.6 Å². The van der Waals surface area contributed by atoms with E-state index < -0.39 is 0 Å². The van der Waals surface area contributed by atoms with E-state index in [-0.39, 0.29) is 0 Å². The van der Waals surface area contributed by atoms with Crippen molar-refractivity contribution >= 4 is 63.7 Å². The summed E-state index contributed by atoms with van der Waals surface area (Å²) in [6.07, 6.45) is 5.07. The molecule has 0 aliphatic rings. The molecule has 0 atom stereocenters. The Kier molecular flexibility index (Phi) is 7.00. The van der Waals surface area contributed by atoms with Crippen LogP contribution >= 0.6 is 63.7 Å². The largest absolute Gasteiger partial charge is 0.262 e. The third-order valence-electron chi connectivity index (χ3n) is 1.59. The van der Waals surface area contributed by atoms with Gasteiger partial charge in [0, 0.05) is 32.0 Å². The average Bonchev–Trinajstić information content (AvgIpc) is 2.29. The molecule has 0 aromatic carbocycles. The number of rotatable bonds is 0. The normalized spacial score (nSPS) is 9.06. The molecule has 18 heavy (non-hydrogen) atoms. The first-order valence-corrected chi connectivity index (χ1v) is 7.67. The van der Waals surface area contributed by atoms with Crippen molar-refractivity contribution in [2.75, 3.05) is 0 Å². The van der Waals surface area contributed by atoms with Crippen LogP contribution in [0.2, 0.25) is 0 Å². The summed E-state index contributed by atoms with van der Waals surface area (Å²) in [5.41, 5.74) is 0.406. The van der Waals surface area contributed by atoms with Gasteiger partial charge in [-0.05, 0) is 75.9 Å². The van der Waals surface area contributed by atoms with Crippen LogP contribution in [0.5, 0.6) is 0 Å². The van der Waals surface area contributed by atoms with Crippen LogP contribution in [0.25, 0.3) is 0 Å². The zero-order valence-corrected chi connectivity index (χ0v) is 15.1. The highest BCUT2D eigenvalue weighted by atomic mass is 79.9. The molecule has 92 valence electrons. The van der Waals surface area contributed by atoms with E-state index in [2.05, 4.69) is 73.7 Å². The fourth-order valence-corrected chi connectivity index (χ4v) is 3.00. The molecule has 0 spiro atoms. The van der Waals surface area contributed by atoms with Gasteiger partial charge in [0.1, 0.15) is 6.07 Å². The third-order valence-corrected chi connectivity index (χ3v) is 3.49. The Bertz CT molecular complexity index is 563. The molecule has 3 nitrogen and oxygen atoms in total. The quantitative estimate of drug-likeness (QED) is 0.509. The van der Waals surface area contributed by atoms with Crippen molar-refractivity contribution in [3.05, 3.63) is 54.3 Å². The van der Waals surface area contributed by atoms with Gasteiger partial charge in [0.15, 0.2) is 5.69 Å². The highest BCUT2D eigenvalue weighted by Gasteiger charge is 1.98. The van der Waals surface area contributed by atoms with Crippen molar-refractivity contribution in [2.45, 2.75) is 0 Å². The Hall–Kier alpha value is -0.290. The van der Waals surface area contributed by atoms with E-state index in [0.717, 1.165) is 13.4 Å². The van der Waals surface area contributed by atoms with Gasteiger partial charge in [-0.25, -0.2) is 4.98 Å². The van der Waals surface area contributed by atoms with Gasteiger partial charge in [-0.2, -0.15) is 5.26 Å². The van der Waals surface area contributed by atoms with Gasteiger partial charge in [0.05, 0.1) is 4.47 Å². The first kappa shape index (κ1) is 15.8. The lowest BCUT2D eigenvalue weighted by molar-refractivity contribution is 1.23. The fraction of sp³-hybridized carbons (Fsp3) is 0. The molecular formula is C11H5Br4N3. The maximum atomic E-state index is 8.45. The van der Waals surface area contributed by atoms with Crippen LogP contribution in [-0.2, 0) is 0 Å². The number of aromatic nitrogens is 2. The van der Waals surface area contributed by atoms with Crippen LogP contribution < -0.4 is 0 Å². The predicted molar refractivity (Wildman–Crippen MR) is 84.0 cm³/mol. The van der Waals surface area contributed by atoms with Crippen LogP contribution in [0.15, 0.2) is 48.6 Å². The van der Waals surface area contributed by atoms with E-state index in [1.807, 2.05) is 12.1 Å². The maximum Gasteiger partial charge on any atom is 0.154 e. The van der Waals surface area contributed by atoms with Gasteiger partial charge < -0.3 is 0 Å². The summed E-state index contributed by atoms with van der Waals surface area (Å²) < 4.78 is 3.56. The lowest BCUT2D eigenvalue weighted by Gasteiger charge is -1.92. The van der Waals surface area contributed by atoms with Crippen LogP contribution in [0, 0.1) is 11.3 Å². The molecule has 0 saturated heterocycles. The summed E-state index contributed by atoms with van der Waals surface area (Å²) in [6, 6.07) is 5.66. The number of nitrogens with zero attached hydrogens (tertiary/aromatic N) is 3. The fourth-order valence-electron chi connectivity index (χ4n) is 0.883. The monoisotopic (exact) mass is 495 g/mol. The molecule has 7 heteroatoms. The number of hydrogen-bond acceptors (Lipinski definition) is 3. The summed E-state index contributed by atoms with van der Waals surface area (Å²) in [6.45, 7) is 0. The van der Waals surface area contributed by atoms with Crippen molar-refractivity contribution in [1.29, 1.82) is 5.26 Å². The molecule has 0 fully saturated rings. The van der Waals surface area contributed by atoms with Crippen LogP contribution in [0.4, 0.5) is 0 Å². The molecule has 0 bridgehead atoms. The molecule has 0 amide bonds. The van der Waals surface area contributed by atoms with Gasteiger partial charge in [-0.1, -0.05) is 0 Å². The molecule has 0 aliphatic heterocycles. The minimum absolute atomic E-state index is 0.406. The maximum absolute atomic E-state index is 8.45. The zero-order valence-electron chi connectivity index (χ0n) is 8.74. The number of pyridine rings is 2. The summed E-state index contributed by atoms with van der Waals surface area (Å²) in [4.78, 5) is 7.73. The van der Waals surface area contributed by atoms with Crippen LogP contribution in [0.1, 0.15) is 5.69 Å². The Balaban J connectivity index is 0.000000184. The molecule has 2 aromatic heterocycles. The van der Waals surface area contributed by atoms with E-state index in [1.54, 1.807) is 24.7 Å². The Morgan fingerprint density at radius 1 is 0.889 bits per heavy atom. The molecule has 0 unspecified atom stereocenters. The molecule has 0 N–H and O–H groups in total. The first-order chi connectivity index (χ1) is 8.52. The molecule has 0 saturated carbocycles. The Labute approximate surface area is 138 Å². The summed E-state index contributed by atoms with van der Waals surface area (Å²) in [7, 11) is 0. The van der Waals surface area contributed by atoms with E-state index in [4.69, 9.17) is 5.26 Å². The lowest BCUT2D eigenvalue weighted by atomic mass is 10.4. The smallest absolute Gasteiger partial charge is 0.154 e. The molecule has 0 radical (unpaired) electrons. The van der Waals surface area contributed by atoms with Crippen molar-refractivity contribution in [3.8, 4) is 6.07 Å². The molecule has 2 heterocycles. The SMILES string of the molecule is Brc1cncc(Br)c1.N#Cc1ncc(Br)cc1Br. The van der Waals surface area contributed by atoms with Crippen LogP contribution in [-0.4, -0.2) is 9.97 Å². The molecule has 0 aliphatic carbocycles. The minimum Gasteiger partial charge on any atom is -0.262 e.